The first-order valence-electron chi connectivity index (χ1n) is 7.76. The van der Waals surface area contributed by atoms with E-state index in [0.717, 1.165) is 0 Å². The zero-order valence-corrected chi connectivity index (χ0v) is 14.8. The van der Waals surface area contributed by atoms with Crippen LogP contribution in [0.1, 0.15) is 13.8 Å². The highest BCUT2D eigenvalue weighted by Gasteiger charge is 2.21. The van der Waals surface area contributed by atoms with Crippen molar-refractivity contribution < 1.29 is 23.0 Å². The predicted octanol–water partition coefficient (Wildman–Crippen LogP) is 3.69. The Morgan fingerprint density at radius 2 is 1.17 bits per heavy atom. The fourth-order valence-corrected chi connectivity index (χ4v) is 4.70. The molecule has 0 aliphatic rings. The average molecular weight is 359 g/mol. The molecular formula is C17H23BF4NP. The Bertz CT molecular complexity index is 533. The standard InChI is InChI=1S/C17H22NP.BF4/c1-14(2)17(18)13-19(15-9-5-3-6-10-15)16-11-7-4-8-12-16;2-1(3,4)5/h3-12,14,17H,13,18H2,1-2H3;/q;-1/p+1/t17-;/m1./s1. The Morgan fingerprint density at radius 3 is 1.46 bits per heavy atom. The van der Waals surface area contributed by atoms with E-state index >= 15 is 0 Å². The van der Waals surface area contributed by atoms with Crippen molar-refractivity contribution in [3.63, 3.8) is 0 Å². The van der Waals surface area contributed by atoms with Gasteiger partial charge >= 0.3 is 7.25 Å². The Balaban J connectivity index is 0.000000505. The lowest BCUT2D eigenvalue weighted by molar-refractivity contribution is -0.423. The van der Waals surface area contributed by atoms with Gasteiger partial charge in [0.05, 0.1) is 6.04 Å². The first-order chi connectivity index (χ1) is 11.2. The zero-order chi connectivity index (χ0) is 18.2. The maximum Gasteiger partial charge on any atom is 0.673 e. The normalized spacial score (nSPS) is 12.7. The second-order valence-corrected chi connectivity index (χ2v) is 8.03. The van der Waals surface area contributed by atoms with Crippen molar-refractivity contribution in [2.45, 2.75) is 19.9 Å². The molecule has 0 bridgehead atoms. The second-order valence-electron chi connectivity index (χ2n) is 5.78. The maximum absolute atomic E-state index is 9.75. The van der Waals surface area contributed by atoms with Gasteiger partial charge in [0.2, 0.25) is 0 Å². The van der Waals surface area contributed by atoms with E-state index in [1.807, 2.05) is 0 Å². The van der Waals surface area contributed by atoms with Crippen LogP contribution in [0.4, 0.5) is 17.3 Å². The van der Waals surface area contributed by atoms with E-state index in [-0.39, 0.29) is 7.92 Å². The SMILES string of the molecule is CC(C)[C@H]([NH3+])CP(c1ccccc1)c1ccccc1.F[B-](F)(F)F. The van der Waals surface area contributed by atoms with E-state index in [0.29, 0.717) is 12.0 Å². The van der Waals surface area contributed by atoms with E-state index in [2.05, 4.69) is 80.2 Å². The third-order valence-corrected chi connectivity index (χ3v) is 6.17. The van der Waals surface area contributed by atoms with Crippen molar-refractivity contribution in [1.29, 1.82) is 0 Å². The van der Waals surface area contributed by atoms with Crippen LogP contribution in [0.3, 0.4) is 0 Å². The largest absolute Gasteiger partial charge is 0.673 e. The summed E-state index contributed by atoms with van der Waals surface area (Å²) in [5.74, 6) is 0.637. The predicted molar refractivity (Wildman–Crippen MR) is 95.6 cm³/mol. The number of rotatable bonds is 5. The third kappa shape index (κ3) is 8.46. The number of hydrogen-bond acceptors (Lipinski definition) is 0. The van der Waals surface area contributed by atoms with Crippen molar-refractivity contribution in [2.75, 3.05) is 6.16 Å². The molecule has 0 amide bonds. The summed E-state index contributed by atoms with van der Waals surface area (Å²) in [6.07, 6.45) is 1.17. The van der Waals surface area contributed by atoms with Crippen LogP contribution in [0.15, 0.2) is 60.7 Å². The fraction of sp³-hybridized carbons (Fsp3) is 0.294. The molecule has 0 spiro atoms. The van der Waals surface area contributed by atoms with E-state index in [4.69, 9.17) is 0 Å². The lowest BCUT2D eigenvalue weighted by atomic mass is 10.1. The smallest absolute Gasteiger partial charge is 0.418 e. The summed E-state index contributed by atoms with van der Waals surface area (Å²) in [6.45, 7) is 4.53. The second kappa shape index (κ2) is 9.80. The Labute approximate surface area is 142 Å². The van der Waals surface area contributed by atoms with E-state index in [9.17, 15) is 17.3 Å². The first-order valence-corrected chi connectivity index (χ1v) is 9.29. The molecule has 1 nitrogen and oxygen atoms in total. The molecule has 0 radical (unpaired) electrons. The maximum atomic E-state index is 9.75. The molecule has 2 rings (SSSR count). The molecule has 2 aromatic carbocycles. The number of benzene rings is 2. The van der Waals surface area contributed by atoms with E-state index in [1.54, 1.807) is 0 Å². The molecule has 3 N–H and O–H groups in total. The van der Waals surface area contributed by atoms with Crippen LogP contribution in [0.5, 0.6) is 0 Å². The Hall–Kier alpha value is -1.39. The Morgan fingerprint density at radius 1 is 0.833 bits per heavy atom. The van der Waals surface area contributed by atoms with Crippen molar-refractivity contribution in [3.05, 3.63) is 60.7 Å². The van der Waals surface area contributed by atoms with Gasteiger partial charge in [-0.3, -0.25) is 0 Å². The molecule has 0 saturated heterocycles. The van der Waals surface area contributed by atoms with Gasteiger partial charge in [0.1, 0.15) is 0 Å². The van der Waals surface area contributed by atoms with Crippen LogP contribution < -0.4 is 16.3 Å². The summed E-state index contributed by atoms with van der Waals surface area (Å²) in [7, 11) is -6.29. The van der Waals surface area contributed by atoms with Crippen LogP contribution in [-0.4, -0.2) is 19.5 Å². The highest BCUT2D eigenvalue weighted by atomic mass is 31.1. The highest BCUT2D eigenvalue weighted by molar-refractivity contribution is 7.73. The van der Waals surface area contributed by atoms with Crippen LogP contribution in [0.2, 0.25) is 0 Å². The molecule has 132 valence electrons. The van der Waals surface area contributed by atoms with Crippen LogP contribution in [0, 0.1) is 5.92 Å². The van der Waals surface area contributed by atoms with Crippen LogP contribution >= 0.6 is 7.92 Å². The molecule has 0 saturated carbocycles. The van der Waals surface area contributed by atoms with Crippen LogP contribution in [-0.2, 0) is 0 Å². The molecule has 0 fully saturated rings. The summed E-state index contributed by atoms with van der Waals surface area (Å²) >= 11 is 0. The van der Waals surface area contributed by atoms with Gasteiger partial charge in [-0.25, -0.2) is 0 Å². The average Bonchev–Trinajstić information content (AvgIpc) is 2.52. The van der Waals surface area contributed by atoms with Crippen molar-refractivity contribution >= 4 is 25.8 Å². The van der Waals surface area contributed by atoms with E-state index in [1.165, 1.54) is 16.8 Å². The van der Waals surface area contributed by atoms with Gasteiger partial charge in [-0.05, 0) is 18.5 Å². The minimum Gasteiger partial charge on any atom is -0.418 e. The molecular weight excluding hydrogens is 336 g/mol. The van der Waals surface area contributed by atoms with Gasteiger partial charge in [-0.1, -0.05) is 74.5 Å². The third-order valence-electron chi connectivity index (χ3n) is 3.50. The lowest BCUT2D eigenvalue weighted by Gasteiger charge is -2.22. The molecule has 0 aliphatic carbocycles. The fourth-order valence-electron chi connectivity index (χ4n) is 2.02. The summed E-state index contributed by atoms with van der Waals surface area (Å²) < 4.78 is 39.0. The van der Waals surface area contributed by atoms with Gasteiger partial charge in [0, 0.05) is 12.1 Å². The molecule has 7 heteroatoms. The summed E-state index contributed by atoms with van der Waals surface area (Å²) in [6, 6.07) is 22.3. The first kappa shape index (κ1) is 20.7. The molecule has 0 aromatic heterocycles. The van der Waals surface area contributed by atoms with Crippen molar-refractivity contribution in [1.82, 2.24) is 0 Å². The van der Waals surface area contributed by atoms with Gasteiger partial charge in [-0.15, -0.1) is 0 Å². The molecule has 24 heavy (non-hydrogen) atoms. The molecule has 0 aliphatic heterocycles. The van der Waals surface area contributed by atoms with E-state index < -0.39 is 7.25 Å². The topological polar surface area (TPSA) is 27.6 Å². The zero-order valence-electron chi connectivity index (χ0n) is 13.9. The quantitative estimate of drug-likeness (QED) is 0.479. The van der Waals surface area contributed by atoms with Crippen LogP contribution in [0.25, 0.3) is 0 Å². The Kier molecular flexibility index (Phi) is 8.44. The summed E-state index contributed by atoms with van der Waals surface area (Å²) in [5, 5.41) is 2.91. The molecule has 0 heterocycles. The lowest BCUT2D eigenvalue weighted by Crippen LogP contribution is -2.65. The number of hydrogen-bond donors (Lipinski definition) is 1. The van der Waals surface area contributed by atoms with Gasteiger partial charge in [0.15, 0.2) is 0 Å². The monoisotopic (exact) mass is 359 g/mol. The van der Waals surface area contributed by atoms with Gasteiger partial charge in [0.25, 0.3) is 0 Å². The number of halogens is 4. The summed E-state index contributed by atoms with van der Waals surface area (Å²) in [5.41, 5.74) is 4.34. The van der Waals surface area contributed by atoms with Gasteiger partial charge in [-0.2, -0.15) is 0 Å². The van der Waals surface area contributed by atoms with Crippen molar-refractivity contribution in [2.24, 2.45) is 5.92 Å². The van der Waals surface area contributed by atoms with Crippen molar-refractivity contribution in [3.8, 4) is 0 Å². The molecule has 0 unspecified atom stereocenters. The van der Waals surface area contributed by atoms with Gasteiger partial charge < -0.3 is 23.0 Å². The summed E-state index contributed by atoms with van der Waals surface area (Å²) in [4.78, 5) is 0. The molecule has 1 atom stereocenters. The minimum absolute atomic E-state index is 0.285. The number of quaternary nitrogens is 1. The molecule has 2 aromatic rings. The highest BCUT2D eigenvalue weighted by Crippen LogP contribution is 2.34. The minimum atomic E-state index is -6.00.